The van der Waals surface area contributed by atoms with Gasteiger partial charge in [-0.2, -0.15) is 13.2 Å². The van der Waals surface area contributed by atoms with Gasteiger partial charge in [-0.25, -0.2) is 0 Å². The van der Waals surface area contributed by atoms with Crippen LogP contribution in [-0.4, -0.2) is 30.6 Å². The van der Waals surface area contributed by atoms with Gasteiger partial charge in [0.25, 0.3) is 5.91 Å². The fraction of sp³-hybridized carbons (Fsp3) is 0.444. The van der Waals surface area contributed by atoms with Crippen molar-refractivity contribution in [3.05, 3.63) is 22.6 Å². The summed E-state index contributed by atoms with van der Waals surface area (Å²) in [6.07, 6.45) is -4.00. The lowest BCUT2D eigenvalue weighted by Crippen LogP contribution is -2.30. The summed E-state index contributed by atoms with van der Waals surface area (Å²) >= 11 is 2.99. The minimum absolute atomic E-state index is 0.213. The van der Waals surface area contributed by atoms with Crippen molar-refractivity contribution < 1.29 is 22.4 Å². The molecule has 3 nitrogen and oxygen atoms in total. The van der Waals surface area contributed by atoms with E-state index in [9.17, 15) is 18.0 Å². The normalized spacial score (nSPS) is 11.6. The van der Waals surface area contributed by atoms with Crippen LogP contribution in [0.1, 0.15) is 16.8 Å². The Balaban J connectivity index is 2.59. The van der Waals surface area contributed by atoms with Gasteiger partial charge in [0.15, 0.2) is 4.67 Å². The lowest BCUT2D eigenvalue weighted by atomic mass is 10.3. The molecule has 7 heteroatoms. The van der Waals surface area contributed by atoms with Gasteiger partial charge in [-0.05, 0) is 22.0 Å². The number of alkyl halides is 3. The highest BCUT2D eigenvalue weighted by atomic mass is 79.9. The third kappa shape index (κ3) is 3.55. The topological polar surface area (TPSA) is 33.5 Å². The number of carbonyl (C=O) groups is 1. The van der Waals surface area contributed by atoms with Crippen LogP contribution >= 0.6 is 15.9 Å². The van der Waals surface area contributed by atoms with E-state index in [1.54, 1.807) is 0 Å². The van der Waals surface area contributed by atoms with Crippen LogP contribution in [0.25, 0.3) is 0 Å². The van der Waals surface area contributed by atoms with Crippen LogP contribution in [-0.2, 0) is 0 Å². The molecule has 0 fully saturated rings. The zero-order chi connectivity index (χ0) is 12.3. The molecule has 16 heavy (non-hydrogen) atoms. The van der Waals surface area contributed by atoms with Crippen molar-refractivity contribution in [2.24, 2.45) is 0 Å². The lowest BCUT2D eigenvalue weighted by Gasteiger charge is -2.17. The molecule has 0 atom stereocenters. The zero-order valence-corrected chi connectivity index (χ0v) is 9.93. The van der Waals surface area contributed by atoms with E-state index < -0.39 is 18.5 Å². The van der Waals surface area contributed by atoms with Crippen molar-refractivity contribution in [3.63, 3.8) is 0 Å². The molecule has 0 N–H and O–H groups in total. The molecule has 0 spiro atoms. The molecule has 1 heterocycles. The van der Waals surface area contributed by atoms with Crippen molar-refractivity contribution in [2.75, 3.05) is 13.6 Å². The maximum absolute atomic E-state index is 11.9. The number of halogens is 4. The van der Waals surface area contributed by atoms with E-state index in [1.807, 2.05) is 0 Å². The number of rotatable bonds is 3. The largest absolute Gasteiger partial charge is 0.457 e. The fourth-order valence-corrected chi connectivity index (χ4v) is 1.46. The summed E-state index contributed by atoms with van der Waals surface area (Å²) in [4.78, 5) is 12.6. The maximum Gasteiger partial charge on any atom is 0.390 e. The van der Waals surface area contributed by atoms with E-state index in [4.69, 9.17) is 4.42 Å². The van der Waals surface area contributed by atoms with Crippen LogP contribution in [0.3, 0.4) is 0 Å². The Labute approximate surface area is 98.3 Å². The summed E-state index contributed by atoms with van der Waals surface area (Å²) in [7, 11) is 1.31. The molecule has 0 saturated carbocycles. The van der Waals surface area contributed by atoms with Crippen LogP contribution < -0.4 is 0 Å². The Morgan fingerprint density at radius 2 is 2.19 bits per heavy atom. The summed E-state index contributed by atoms with van der Waals surface area (Å²) in [5, 5.41) is 0. The summed E-state index contributed by atoms with van der Waals surface area (Å²) < 4.78 is 40.9. The number of nitrogens with zero attached hydrogens (tertiary/aromatic N) is 1. The molecule has 0 radical (unpaired) electrons. The van der Waals surface area contributed by atoms with Crippen molar-refractivity contribution in [1.29, 1.82) is 0 Å². The second-order valence-electron chi connectivity index (χ2n) is 3.20. The SMILES string of the molecule is CN(CCC(F)(F)F)C(=O)c1ccoc1Br. The maximum atomic E-state index is 11.9. The number of hydrogen-bond donors (Lipinski definition) is 0. The molecular weight excluding hydrogens is 291 g/mol. The highest BCUT2D eigenvalue weighted by Crippen LogP contribution is 2.22. The average Bonchev–Trinajstić information content (AvgIpc) is 2.58. The molecule has 0 aliphatic rings. The van der Waals surface area contributed by atoms with Gasteiger partial charge in [-0.3, -0.25) is 4.79 Å². The van der Waals surface area contributed by atoms with Gasteiger partial charge in [0.1, 0.15) is 0 Å². The monoisotopic (exact) mass is 299 g/mol. The third-order valence-corrected chi connectivity index (χ3v) is 2.54. The van der Waals surface area contributed by atoms with Crippen LogP contribution in [0.4, 0.5) is 13.2 Å². The summed E-state index contributed by atoms with van der Waals surface area (Å²) in [5.74, 6) is -0.509. The Morgan fingerprint density at radius 3 is 2.62 bits per heavy atom. The fourth-order valence-electron chi connectivity index (χ4n) is 1.05. The predicted octanol–water partition coefficient (Wildman–Crippen LogP) is 3.07. The van der Waals surface area contributed by atoms with Gasteiger partial charge in [-0.15, -0.1) is 0 Å². The molecule has 0 aromatic carbocycles. The predicted molar refractivity (Wildman–Crippen MR) is 54.0 cm³/mol. The van der Waals surface area contributed by atoms with Gasteiger partial charge >= 0.3 is 6.18 Å². The highest BCUT2D eigenvalue weighted by Gasteiger charge is 2.28. The molecule has 1 amide bonds. The first-order valence-electron chi connectivity index (χ1n) is 4.36. The van der Waals surface area contributed by atoms with Crippen molar-refractivity contribution >= 4 is 21.8 Å². The third-order valence-electron chi connectivity index (χ3n) is 1.93. The van der Waals surface area contributed by atoms with Crippen LogP contribution in [0.5, 0.6) is 0 Å². The lowest BCUT2D eigenvalue weighted by molar-refractivity contribution is -0.136. The van der Waals surface area contributed by atoms with E-state index in [-0.39, 0.29) is 16.8 Å². The van der Waals surface area contributed by atoms with Crippen LogP contribution in [0.15, 0.2) is 21.4 Å². The van der Waals surface area contributed by atoms with Gasteiger partial charge in [0.2, 0.25) is 0 Å². The average molecular weight is 300 g/mol. The van der Waals surface area contributed by atoms with E-state index in [2.05, 4.69) is 15.9 Å². The Hall–Kier alpha value is -0.980. The molecule has 1 rings (SSSR count). The zero-order valence-electron chi connectivity index (χ0n) is 8.34. The molecule has 0 aliphatic heterocycles. The van der Waals surface area contributed by atoms with Crippen LogP contribution in [0, 0.1) is 0 Å². The molecule has 1 aromatic heterocycles. The first kappa shape index (κ1) is 13.1. The Bertz CT molecular complexity index is 375. The minimum atomic E-state index is -4.26. The second kappa shape index (κ2) is 4.90. The molecule has 1 aromatic rings. The summed E-state index contributed by atoms with van der Waals surface area (Å²) in [6.45, 7) is -0.375. The van der Waals surface area contributed by atoms with Gasteiger partial charge in [-0.1, -0.05) is 0 Å². The van der Waals surface area contributed by atoms with Crippen molar-refractivity contribution in [2.45, 2.75) is 12.6 Å². The molecule has 0 unspecified atom stereocenters. The van der Waals surface area contributed by atoms with Gasteiger partial charge < -0.3 is 9.32 Å². The summed E-state index contributed by atoms with van der Waals surface area (Å²) in [5.41, 5.74) is 0.213. The Kier molecular flexibility index (Phi) is 4.01. The number of furan rings is 1. The van der Waals surface area contributed by atoms with Gasteiger partial charge in [0.05, 0.1) is 18.2 Å². The number of carbonyl (C=O) groups excluding carboxylic acids is 1. The number of amides is 1. The smallest absolute Gasteiger partial charge is 0.390 e. The second-order valence-corrected chi connectivity index (χ2v) is 3.92. The van der Waals surface area contributed by atoms with E-state index in [1.165, 1.54) is 19.4 Å². The quantitative estimate of drug-likeness (QED) is 0.859. The molecule has 0 bridgehead atoms. The van der Waals surface area contributed by atoms with Crippen molar-refractivity contribution in [3.8, 4) is 0 Å². The first-order chi connectivity index (χ1) is 7.31. The first-order valence-corrected chi connectivity index (χ1v) is 5.16. The minimum Gasteiger partial charge on any atom is -0.457 e. The van der Waals surface area contributed by atoms with E-state index in [0.29, 0.717) is 0 Å². The summed E-state index contributed by atoms with van der Waals surface area (Å²) in [6, 6.07) is 1.40. The molecule has 90 valence electrons. The number of hydrogen-bond acceptors (Lipinski definition) is 2. The Morgan fingerprint density at radius 1 is 1.56 bits per heavy atom. The highest BCUT2D eigenvalue weighted by molar-refractivity contribution is 9.10. The molecule has 0 aliphatic carbocycles. The van der Waals surface area contributed by atoms with E-state index in [0.717, 1.165) is 4.90 Å². The standard InChI is InChI=1S/C9H9BrF3NO2/c1-14(4-3-9(11,12)13)8(15)6-2-5-16-7(6)10/h2,5H,3-4H2,1H3. The van der Waals surface area contributed by atoms with Crippen molar-refractivity contribution in [1.82, 2.24) is 4.90 Å². The van der Waals surface area contributed by atoms with Gasteiger partial charge in [0, 0.05) is 13.6 Å². The van der Waals surface area contributed by atoms with E-state index >= 15 is 0 Å². The van der Waals surface area contributed by atoms with Crippen LogP contribution in [0.2, 0.25) is 0 Å². The molecular formula is C9H9BrF3NO2. The molecule has 0 saturated heterocycles.